The van der Waals surface area contributed by atoms with Crippen LogP contribution in [0.25, 0.3) is 0 Å². The molecule has 6 heteroatoms. The summed E-state index contributed by atoms with van der Waals surface area (Å²) < 4.78 is 0. The number of aryl methyl sites for hydroxylation is 1. The number of carbonyl (C=O) groups is 1. The van der Waals surface area contributed by atoms with Gasteiger partial charge < -0.3 is 15.2 Å². The van der Waals surface area contributed by atoms with Crippen LogP contribution in [-0.2, 0) is 6.42 Å². The van der Waals surface area contributed by atoms with E-state index in [1.807, 2.05) is 11.0 Å². The summed E-state index contributed by atoms with van der Waals surface area (Å²) in [5, 5.41) is 0. The fraction of sp³-hybridized carbons (Fsp3) is 0.571. The van der Waals surface area contributed by atoms with E-state index >= 15 is 0 Å². The average Bonchev–Trinajstić information content (AvgIpc) is 2.47. The number of nitrogens with zero attached hydrogens (tertiary/aromatic N) is 3. The van der Waals surface area contributed by atoms with E-state index in [2.05, 4.69) is 29.3 Å². The smallest absolute Gasteiger partial charge is 0.254 e. The lowest BCUT2D eigenvalue weighted by Crippen LogP contribution is -2.47. The van der Waals surface area contributed by atoms with Crippen molar-refractivity contribution in [3.05, 3.63) is 23.4 Å². The van der Waals surface area contributed by atoms with Gasteiger partial charge in [-0.2, -0.15) is 0 Å². The molecule has 6 nitrogen and oxygen atoms in total. The number of carbonyl (C=O) groups excluding carboxylic acids is 1. The van der Waals surface area contributed by atoms with Gasteiger partial charge in [-0.15, -0.1) is 0 Å². The third kappa shape index (κ3) is 3.46. The van der Waals surface area contributed by atoms with Crippen LogP contribution in [0.3, 0.4) is 0 Å². The lowest BCUT2D eigenvalue weighted by Gasteiger charge is -2.32. The number of hydrazine groups is 1. The predicted molar refractivity (Wildman–Crippen MR) is 79.4 cm³/mol. The van der Waals surface area contributed by atoms with Gasteiger partial charge >= 0.3 is 0 Å². The number of nitrogen functional groups attached to an aromatic ring is 1. The molecule has 1 saturated heterocycles. The first-order valence-corrected chi connectivity index (χ1v) is 7.09. The Bertz CT molecular complexity index is 469. The molecule has 110 valence electrons. The molecule has 1 aromatic heterocycles. The minimum atomic E-state index is 0.0642. The van der Waals surface area contributed by atoms with Gasteiger partial charge in [0.05, 0.1) is 0 Å². The SMILES string of the molecule is CCCc1cc(C(=O)N2CCN(C)CC2)cc(NN)n1. The van der Waals surface area contributed by atoms with E-state index in [9.17, 15) is 4.79 Å². The molecule has 1 aliphatic heterocycles. The van der Waals surface area contributed by atoms with Crippen molar-refractivity contribution in [2.24, 2.45) is 5.84 Å². The monoisotopic (exact) mass is 277 g/mol. The molecule has 2 rings (SSSR count). The van der Waals surface area contributed by atoms with Gasteiger partial charge in [0.2, 0.25) is 0 Å². The summed E-state index contributed by atoms with van der Waals surface area (Å²) in [6, 6.07) is 3.60. The van der Waals surface area contributed by atoms with Gasteiger partial charge in [0, 0.05) is 37.4 Å². The van der Waals surface area contributed by atoms with E-state index < -0.39 is 0 Å². The molecule has 20 heavy (non-hydrogen) atoms. The Kier molecular flexibility index (Phi) is 4.92. The molecule has 1 amide bonds. The molecule has 0 aliphatic carbocycles. The lowest BCUT2D eigenvalue weighted by atomic mass is 10.1. The van der Waals surface area contributed by atoms with Crippen LogP contribution >= 0.6 is 0 Å². The number of hydrogen-bond acceptors (Lipinski definition) is 5. The minimum Gasteiger partial charge on any atom is -0.336 e. The highest BCUT2D eigenvalue weighted by Gasteiger charge is 2.21. The van der Waals surface area contributed by atoms with Crippen LogP contribution in [0.5, 0.6) is 0 Å². The standard InChI is InChI=1S/C14H23N5O/c1-3-4-12-9-11(10-13(16-12)17-15)14(20)19-7-5-18(2)6-8-19/h9-10H,3-8,15H2,1-2H3,(H,16,17). The number of likely N-dealkylation sites (N-methyl/N-ethyl adjacent to an activating group) is 1. The van der Waals surface area contributed by atoms with Crippen molar-refractivity contribution in [2.45, 2.75) is 19.8 Å². The molecule has 2 heterocycles. The van der Waals surface area contributed by atoms with Crippen molar-refractivity contribution >= 4 is 11.7 Å². The van der Waals surface area contributed by atoms with E-state index in [1.165, 1.54) is 0 Å². The fourth-order valence-electron chi connectivity index (χ4n) is 2.36. The van der Waals surface area contributed by atoms with E-state index in [0.29, 0.717) is 11.4 Å². The highest BCUT2D eigenvalue weighted by Crippen LogP contribution is 2.14. The molecule has 1 aromatic rings. The maximum Gasteiger partial charge on any atom is 0.254 e. The molecule has 0 bridgehead atoms. The Balaban J connectivity index is 2.17. The van der Waals surface area contributed by atoms with Crippen LogP contribution in [0.1, 0.15) is 29.4 Å². The Labute approximate surface area is 119 Å². The van der Waals surface area contributed by atoms with E-state index in [1.54, 1.807) is 6.07 Å². The van der Waals surface area contributed by atoms with Crippen molar-refractivity contribution in [3.8, 4) is 0 Å². The van der Waals surface area contributed by atoms with Crippen molar-refractivity contribution in [2.75, 3.05) is 38.7 Å². The van der Waals surface area contributed by atoms with E-state index in [4.69, 9.17) is 5.84 Å². The Morgan fingerprint density at radius 1 is 1.35 bits per heavy atom. The second-order valence-corrected chi connectivity index (χ2v) is 5.22. The van der Waals surface area contributed by atoms with Crippen LogP contribution in [0.4, 0.5) is 5.82 Å². The zero-order valence-electron chi connectivity index (χ0n) is 12.2. The number of nitrogens with one attached hydrogen (secondary N) is 1. The molecule has 1 aliphatic rings. The first kappa shape index (κ1) is 14.7. The summed E-state index contributed by atoms with van der Waals surface area (Å²) in [6.45, 7) is 5.46. The zero-order valence-corrected chi connectivity index (χ0v) is 12.2. The number of pyridine rings is 1. The topological polar surface area (TPSA) is 74.5 Å². The number of rotatable bonds is 4. The van der Waals surface area contributed by atoms with Crippen LogP contribution in [-0.4, -0.2) is 53.9 Å². The Hall–Kier alpha value is -1.66. The summed E-state index contributed by atoms with van der Waals surface area (Å²) >= 11 is 0. The molecule has 0 aromatic carbocycles. The van der Waals surface area contributed by atoms with Gasteiger partial charge in [0.25, 0.3) is 5.91 Å². The number of aromatic nitrogens is 1. The third-order valence-electron chi connectivity index (χ3n) is 3.57. The molecule has 1 fully saturated rings. The van der Waals surface area contributed by atoms with Gasteiger partial charge in [0.15, 0.2) is 0 Å². The summed E-state index contributed by atoms with van der Waals surface area (Å²) in [4.78, 5) is 21.0. The Morgan fingerprint density at radius 3 is 2.65 bits per heavy atom. The van der Waals surface area contributed by atoms with Crippen LogP contribution < -0.4 is 11.3 Å². The molecule has 3 N–H and O–H groups in total. The second kappa shape index (κ2) is 6.67. The molecule has 0 unspecified atom stereocenters. The number of piperazine rings is 1. The number of nitrogens with two attached hydrogens (primary N) is 1. The summed E-state index contributed by atoms with van der Waals surface area (Å²) in [5.74, 6) is 6.05. The fourth-order valence-corrected chi connectivity index (χ4v) is 2.36. The molecule has 0 saturated carbocycles. The van der Waals surface area contributed by atoms with Crippen molar-refractivity contribution < 1.29 is 4.79 Å². The minimum absolute atomic E-state index is 0.0642. The molecular weight excluding hydrogens is 254 g/mol. The van der Waals surface area contributed by atoms with Crippen LogP contribution in [0, 0.1) is 0 Å². The first-order chi connectivity index (χ1) is 9.63. The Morgan fingerprint density at radius 2 is 2.05 bits per heavy atom. The highest BCUT2D eigenvalue weighted by molar-refractivity contribution is 5.95. The van der Waals surface area contributed by atoms with E-state index in [0.717, 1.165) is 44.7 Å². The summed E-state index contributed by atoms with van der Waals surface area (Å²) in [5.41, 5.74) is 4.11. The normalized spacial score (nSPS) is 16.2. The second-order valence-electron chi connectivity index (χ2n) is 5.22. The molecular formula is C14H23N5O. The van der Waals surface area contributed by atoms with Crippen LogP contribution in [0.2, 0.25) is 0 Å². The average molecular weight is 277 g/mol. The highest BCUT2D eigenvalue weighted by atomic mass is 16.2. The van der Waals surface area contributed by atoms with Crippen molar-refractivity contribution in [1.82, 2.24) is 14.8 Å². The largest absolute Gasteiger partial charge is 0.336 e. The van der Waals surface area contributed by atoms with Crippen molar-refractivity contribution in [3.63, 3.8) is 0 Å². The summed E-state index contributed by atoms with van der Waals surface area (Å²) in [7, 11) is 2.07. The predicted octanol–water partition coefficient (Wildman–Crippen LogP) is 0.707. The maximum atomic E-state index is 12.5. The molecule has 0 radical (unpaired) electrons. The lowest BCUT2D eigenvalue weighted by molar-refractivity contribution is 0.0664. The van der Waals surface area contributed by atoms with Gasteiger partial charge in [-0.25, -0.2) is 10.8 Å². The zero-order chi connectivity index (χ0) is 14.5. The van der Waals surface area contributed by atoms with Gasteiger partial charge in [-0.1, -0.05) is 13.3 Å². The maximum absolute atomic E-state index is 12.5. The molecule has 0 atom stereocenters. The third-order valence-corrected chi connectivity index (χ3v) is 3.57. The first-order valence-electron chi connectivity index (χ1n) is 7.09. The van der Waals surface area contributed by atoms with E-state index in [-0.39, 0.29) is 5.91 Å². The van der Waals surface area contributed by atoms with Gasteiger partial charge in [0.1, 0.15) is 5.82 Å². The number of anilines is 1. The quantitative estimate of drug-likeness (QED) is 0.626. The molecule has 0 spiro atoms. The number of hydrogen-bond donors (Lipinski definition) is 2. The van der Waals surface area contributed by atoms with Gasteiger partial charge in [-0.3, -0.25) is 4.79 Å². The number of amides is 1. The van der Waals surface area contributed by atoms with Crippen molar-refractivity contribution in [1.29, 1.82) is 0 Å². The van der Waals surface area contributed by atoms with Crippen LogP contribution in [0.15, 0.2) is 12.1 Å². The summed E-state index contributed by atoms with van der Waals surface area (Å²) in [6.07, 6.45) is 1.84. The van der Waals surface area contributed by atoms with Gasteiger partial charge in [-0.05, 0) is 25.6 Å².